The monoisotopic (exact) mass is 435 g/mol. The van der Waals surface area contributed by atoms with Gasteiger partial charge in [-0.25, -0.2) is 8.42 Å². The molecule has 9 heteroatoms. The molecule has 2 aromatic rings. The molecule has 1 fully saturated rings. The van der Waals surface area contributed by atoms with Crippen molar-refractivity contribution in [3.05, 3.63) is 46.3 Å². The van der Waals surface area contributed by atoms with Crippen LogP contribution in [0.1, 0.15) is 33.6 Å². The molecule has 1 aromatic heterocycles. The van der Waals surface area contributed by atoms with E-state index in [-0.39, 0.29) is 18.4 Å². The summed E-state index contributed by atoms with van der Waals surface area (Å²) in [6.45, 7) is 4.20. The lowest BCUT2D eigenvalue weighted by Crippen LogP contribution is -2.43. The highest BCUT2D eigenvalue weighted by Gasteiger charge is 2.34. The number of piperidine rings is 1. The number of nitrogens with one attached hydrogen (secondary N) is 2. The van der Waals surface area contributed by atoms with Gasteiger partial charge in [0.05, 0.1) is 5.92 Å². The standard InChI is InChI=1S/C20H25N3O4S2/c1-13-9-10-18(28-13)29(26,27)23-11-5-6-15(12-23)19(24)22-17-8-4-7-16(14(17)2)20(25)21-3/h4,7-10,15H,5-6,11-12H2,1-3H3,(H,21,25)(H,22,24). The van der Waals surface area contributed by atoms with Crippen molar-refractivity contribution >= 4 is 38.9 Å². The molecule has 1 unspecified atom stereocenters. The molecule has 3 rings (SSSR count). The third-order valence-corrected chi connectivity index (χ3v) is 8.46. The second kappa shape index (κ2) is 8.64. The molecule has 0 saturated carbocycles. The van der Waals surface area contributed by atoms with Gasteiger partial charge in [0, 0.05) is 36.3 Å². The Kier molecular flexibility index (Phi) is 6.40. The van der Waals surface area contributed by atoms with Crippen molar-refractivity contribution in [2.75, 3.05) is 25.5 Å². The molecule has 2 heterocycles. The van der Waals surface area contributed by atoms with E-state index in [1.54, 1.807) is 44.3 Å². The van der Waals surface area contributed by atoms with Gasteiger partial charge in [0.15, 0.2) is 0 Å². The minimum atomic E-state index is -3.59. The summed E-state index contributed by atoms with van der Waals surface area (Å²) < 4.78 is 27.5. The first-order valence-electron chi connectivity index (χ1n) is 9.43. The Hall–Kier alpha value is -2.23. The van der Waals surface area contributed by atoms with Gasteiger partial charge in [-0.3, -0.25) is 9.59 Å². The van der Waals surface area contributed by atoms with Crippen LogP contribution in [-0.2, 0) is 14.8 Å². The average Bonchev–Trinajstić information content (AvgIpc) is 3.16. The van der Waals surface area contributed by atoms with E-state index >= 15 is 0 Å². The zero-order chi connectivity index (χ0) is 21.2. The first-order valence-corrected chi connectivity index (χ1v) is 11.7. The Morgan fingerprint density at radius 1 is 1.17 bits per heavy atom. The highest BCUT2D eigenvalue weighted by Crippen LogP contribution is 2.29. The minimum absolute atomic E-state index is 0.152. The van der Waals surface area contributed by atoms with Gasteiger partial charge in [0.2, 0.25) is 5.91 Å². The van der Waals surface area contributed by atoms with Crippen LogP contribution >= 0.6 is 11.3 Å². The molecule has 1 aliphatic heterocycles. The molecule has 1 saturated heterocycles. The van der Waals surface area contributed by atoms with Gasteiger partial charge in [-0.15, -0.1) is 11.3 Å². The van der Waals surface area contributed by atoms with Crippen LogP contribution in [0.15, 0.2) is 34.5 Å². The quantitative estimate of drug-likeness (QED) is 0.755. The second-order valence-electron chi connectivity index (χ2n) is 7.11. The number of benzene rings is 1. The molecule has 2 amide bonds. The second-order valence-corrected chi connectivity index (χ2v) is 10.6. The third-order valence-electron chi connectivity index (χ3n) is 5.13. The number of carbonyl (C=O) groups excluding carboxylic acids is 2. The lowest BCUT2D eigenvalue weighted by Gasteiger charge is -2.31. The van der Waals surface area contributed by atoms with Crippen molar-refractivity contribution in [2.24, 2.45) is 5.92 Å². The van der Waals surface area contributed by atoms with Crippen LogP contribution in [0.2, 0.25) is 0 Å². The summed E-state index contributed by atoms with van der Waals surface area (Å²) in [5.41, 5.74) is 1.73. The third kappa shape index (κ3) is 4.52. The highest BCUT2D eigenvalue weighted by atomic mass is 32.2. The first kappa shape index (κ1) is 21.5. The van der Waals surface area contributed by atoms with Gasteiger partial charge in [-0.05, 0) is 56.5 Å². The Morgan fingerprint density at radius 3 is 2.59 bits per heavy atom. The van der Waals surface area contributed by atoms with Crippen LogP contribution in [-0.4, -0.2) is 44.7 Å². The van der Waals surface area contributed by atoms with Gasteiger partial charge >= 0.3 is 0 Å². The fourth-order valence-corrected chi connectivity index (χ4v) is 6.40. The lowest BCUT2D eigenvalue weighted by molar-refractivity contribution is -0.120. The molecule has 0 aliphatic carbocycles. The minimum Gasteiger partial charge on any atom is -0.355 e. The molecule has 1 aromatic carbocycles. The van der Waals surface area contributed by atoms with E-state index in [2.05, 4.69) is 10.6 Å². The number of sulfonamides is 1. The van der Waals surface area contributed by atoms with Crippen molar-refractivity contribution in [3.8, 4) is 0 Å². The number of thiophene rings is 1. The predicted octanol–water partition coefficient (Wildman–Crippen LogP) is 2.76. The van der Waals surface area contributed by atoms with Gasteiger partial charge in [-0.2, -0.15) is 4.31 Å². The number of anilines is 1. The number of hydrogen-bond donors (Lipinski definition) is 2. The van der Waals surface area contributed by atoms with Crippen LogP contribution < -0.4 is 10.6 Å². The molecule has 1 atom stereocenters. The fraction of sp³-hybridized carbons (Fsp3) is 0.400. The number of rotatable bonds is 5. The van der Waals surface area contributed by atoms with Gasteiger partial charge in [0.25, 0.3) is 15.9 Å². The summed E-state index contributed by atoms with van der Waals surface area (Å²) in [6.07, 6.45) is 1.24. The van der Waals surface area contributed by atoms with Crippen molar-refractivity contribution in [3.63, 3.8) is 0 Å². The zero-order valence-electron chi connectivity index (χ0n) is 16.7. The molecule has 29 heavy (non-hydrogen) atoms. The SMILES string of the molecule is CNC(=O)c1cccc(NC(=O)C2CCCN(S(=O)(=O)c3ccc(C)s3)C2)c1C. The summed E-state index contributed by atoms with van der Waals surface area (Å²) in [6, 6.07) is 8.55. The number of aryl methyl sites for hydroxylation is 1. The molecule has 7 nitrogen and oxygen atoms in total. The van der Waals surface area contributed by atoms with E-state index in [1.807, 2.05) is 6.92 Å². The van der Waals surface area contributed by atoms with E-state index in [9.17, 15) is 18.0 Å². The van der Waals surface area contributed by atoms with Crippen LogP contribution in [0, 0.1) is 19.8 Å². The van der Waals surface area contributed by atoms with Crippen LogP contribution in [0.3, 0.4) is 0 Å². The largest absolute Gasteiger partial charge is 0.355 e. The van der Waals surface area contributed by atoms with Gasteiger partial charge in [0.1, 0.15) is 4.21 Å². The maximum Gasteiger partial charge on any atom is 0.252 e. The molecule has 0 spiro atoms. The molecule has 0 bridgehead atoms. The normalized spacial score (nSPS) is 17.7. The van der Waals surface area contributed by atoms with Crippen LogP contribution in [0.25, 0.3) is 0 Å². The zero-order valence-corrected chi connectivity index (χ0v) is 18.3. The summed E-state index contributed by atoms with van der Waals surface area (Å²) >= 11 is 1.24. The maximum absolute atomic E-state index is 12.9. The van der Waals surface area contributed by atoms with E-state index in [1.165, 1.54) is 15.6 Å². The lowest BCUT2D eigenvalue weighted by atomic mass is 9.98. The maximum atomic E-state index is 12.9. The van der Waals surface area contributed by atoms with Crippen molar-refractivity contribution < 1.29 is 18.0 Å². The molecular weight excluding hydrogens is 410 g/mol. The molecule has 2 N–H and O–H groups in total. The van der Waals surface area contributed by atoms with E-state index in [0.717, 1.165) is 4.88 Å². The molecule has 1 aliphatic rings. The Balaban J connectivity index is 1.75. The summed E-state index contributed by atoms with van der Waals surface area (Å²) in [7, 11) is -2.04. The van der Waals surface area contributed by atoms with Gasteiger partial charge in [-0.1, -0.05) is 6.07 Å². The van der Waals surface area contributed by atoms with Crippen molar-refractivity contribution in [2.45, 2.75) is 30.9 Å². The smallest absolute Gasteiger partial charge is 0.252 e. The molecule has 0 radical (unpaired) electrons. The Bertz CT molecular complexity index is 1030. The number of hydrogen-bond acceptors (Lipinski definition) is 5. The Labute approximate surface area is 175 Å². The molecule has 156 valence electrons. The van der Waals surface area contributed by atoms with Crippen molar-refractivity contribution in [1.29, 1.82) is 0 Å². The van der Waals surface area contributed by atoms with E-state index < -0.39 is 15.9 Å². The first-order chi connectivity index (χ1) is 13.7. The summed E-state index contributed by atoms with van der Waals surface area (Å²) in [5.74, 6) is -0.896. The van der Waals surface area contributed by atoms with Gasteiger partial charge < -0.3 is 10.6 Å². The number of amides is 2. The average molecular weight is 436 g/mol. The topological polar surface area (TPSA) is 95.6 Å². The van der Waals surface area contributed by atoms with E-state index in [0.29, 0.717) is 40.4 Å². The Morgan fingerprint density at radius 2 is 1.93 bits per heavy atom. The van der Waals surface area contributed by atoms with E-state index in [4.69, 9.17) is 0 Å². The number of carbonyl (C=O) groups is 2. The highest BCUT2D eigenvalue weighted by molar-refractivity contribution is 7.91. The number of nitrogens with zero attached hydrogens (tertiary/aromatic N) is 1. The molecular formula is C20H25N3O4S2. The van der Waals surface area contributed by atoms with Crippen LogP contribution in [0.5, 0.6) is 0 Å². The summed E-state index contributed by atoms with van der Waals surface area (Å²) in [4.78, 5) is 25.8. The van der Waals surface area contributed by atoms with Crippen molar-refractivity contribution in [1.82, 2.24) is 9.62 Å². The summed E-state index contributed by atoms with van der Waals surface area (Å²) in [5, 5.41) is 5.46. The fourth-order valence-electron chi connectivity index (χ4n) is 3.44. The predicted molar refractivity (Wildman–Crippen MR) is 114 cm³/mol. The van der Waals surface area contributed by atoms with Crippen LogP contribution in [0.4, 0.5) is 5.69 Å².